The summed E-state index contributed by atoms with van der Waals surface area (Å²) in [5.41, 5.74) is 0. The van der Waals surface area contributed by atoms with Gasteiger partial charge in [-0.2, -0.15) is 0 Å². The molecule has 0 aromatic rings. The lowest BCUT2D eigenvalue weighted by molar-refractivity contribution is -0.121. The summed E-state index contributed by atoms with van der Waals surface area (Å²) in [6.45, 7) is 4.06. The quantitative estimate of drug-likeness (QED) is 0.744. The van der Waals surface area contributed by atoms with Crippen LogP contribution in [0.1, 0.15) is 51.9 Å². The van der Waals surface area contributed by atoms with Crippen molar-refractivity contribution < 1.29 is 4.79 Å². The van der Waals surface area contributed by atoms with Crippen LogP contribution in [0.25, 0.3) is 0 Å². The minimum Gasteiger partial charge on any atom is -0.356 e. The van der Waals surface area contributed by atoms with Gasteiger partial charge in [-0.1, -0.05) is 26.2 Å². The van der Waals surface area contributed by atoms with Crippen molar-refractivity contribution in [2.24, 2.45) is 11.8 Å². The molecule has 0 spiro atoms. The molecule has 3 nitrogen and oxygen atoms in total. The summed E-state index contributed by atoms with van der Waals surface area (Å²) >= 11 is 0. The molecule has 1 amide bonds. The number of amides is 1. The predicted molar refractivity (Wildman–Crippen MR) is 69.8 cm³/mol. The van der Waals surface area contributed by atoms with Crippen molar-refractivity contribution >= 4 is 5.91 Å². The second kappa shape index (κ2) is 6.39. The number of carbonyl (C=O) groups is 1. The minimum atomic E-state index is 0.218. The highest BCUT2D eigenvalue weighted by Gasteiger charge is 2.22. The van der Waals surface area contributed by atoms with Gasteiger partial charge >= 0.3 is 0 Å². The molecule has 0 aliphatic heterocycles. The van der Waals surface area contributed by atoms with Crippen molar-refractivity contribution in [3.8, 4) is 0 Å². The van der Waals surface area contributed by atoms with E-state index in [0.717, 1.165) is 19.0 Å². The SMILES string of the molecule is CC1CCCCC1CNC(=O)CCNC1CC1. The van der Waals surface area contributed by atoms with E-state index in [2.05, 4.69) is 17.6 Å². The number of hydrogen-bond donors (Lipinski definition) is 2. The molecule has 0 saturated heterocycles. The molecule has 2 atom stereocenters. The fourth-order valence-electron chi connectivity index (χ4n) is 2.71. The van der Waals surface area contributed by atoms with Gasteiger partial charge in [0, 0.05) is 25.6 Å². The van der Waals surface area contributed by atoms with Crippen LogP contribution in [-0.4, -0.2) is 25.0 Å². The molecule has 2 N–H and O–H groups in total. The summed E-state index contributed by atoms with van der Waals surface area (Å²) in [5, 5.41) is 6.47. The van der Waals surface area contributed by atoms with Crippen LogP contribution in [0.2, 0.25) is 0 Å². The van der Waals surface area contributed by atoms with E-state index in [9.17, 15) is 4.79 Å². The van der Waals surface area contributed by atoms with Crippen LogP contribution in [-0.2, 0) is 4.79 Å². The van der Waals surface area contributed by atoms with Crippen LogP contribution in [0, 0.1) is 11.8 Å². The first-order valence-electron chi connectivity index (χ1n) is 7.26. The first-order valence-corrected chi connectivity index (χ1v) is 7.26. The Morgan fingerprint density at radius 2 is 1.94 bits per heavy atom. The Hall–Kier alpha value is -0.570. The summed E-state index contributed by atoms with van der Waals surface area (Å²) in [6, 6.07) is 0.709. The predicted octanol–water partition coefficient (Wildman–Crippen LogP) is 2.07. The molecule has 2 saturated carbocycles. The Kier molecular flexibility index (Phi) is 4.84. The van der Waals surface area contributed by atoms with Crippen LogP contribution < -0.4 is 10.6 Å². The molecule has 2 rings (SSSR count). The van der Waals surface area contributed by atoms with E-state index < -0.39 is 0 Å². The molecule has 0 heterocycles. The number of nitrogens with one attached hydrogen (secondary N) is 2. The van der Waals surface area contributed by atoms with Gasteiger partial charge < -0.3 is 10.6 Å². The summed E-state index contributed by atoms with van der Waals surface area (Å²) in [7, 11) is 0. The summed E-state index contributed by atoms with van der Waals surface area (Å²) in [4.78, 5) is 11.6. The Bertz CT molecular complexity index is 251. The second-order valence-electron chi connectivity index (χ2n) is 5.80. The van der Waals surface area contributed by atoms with E-state index in [1.54, 1.807) is 0 Å². The van der Waals surface area contributed by atoms with Crippen LogP contribution in [0.3, 0.4) is 0 Å². The van der Waals surface area contributed by atoms with Crippen molar-refractivity contribution in [1.29, 1.82) is 0 Å². The average molecular weight is 238 g/mol. The van der Waals surface area contributed by atoms with Gasteiger partial charge in [-0.3, -0.25) is 4.79 Å². The smallest absolute Gasteiger partial charge is 0.221 e. The zero-order valence-corrected chi connectivity index (χ0v) is 11.0. The molecule has 2 aliphatic carbocycles. The Morgan fingerprint density at radius 3 is 2.65 bits per heavy atom. The van der Waals surface area contributed by atoms with E-state index in [-0.39, 0.29) is 5.91 Å². The molecule has 2 aliphatic rings. The van der Waals surface area contributed by atoms with Crippen molar-refractivity contribution in [2.45, 2.75) is 57.9 Å². The van der Waals surface area contributed by atoms with Gasteiger partial charge in [0.25, 0.3) is 0 Å². The summed E-state index contributed by atoms with van der Waals surface area (Å²) < 4.78 is 0. The Balaban J connectivity index is 1.54. The zero-order chi connectivity index (χ0) is 12.1. The highest BCUT2D eigenvalue weighted by Crippen LogP contribution is 2.28. The normalized spacial score (nSPS) is 29.0. The van der Waals surface area contributed by atoms with Gasteiger partial charge in [-0.15, -0.1) is 0 Å². The fraction of sp³-hybridized carbons (Fsp3) is 0.929. The van der Waals surface area contributed by atoms with Gasteiger partial charge in [-0.05, 0) is 31.1 Å². The van der Waals surface area contributed by atoms with Crippen LogP contribution in [0.5, 0.6) is 0 Å². The number of carbonyl (C=O) groups excluding carboxylic acids is 1. The van der Waals surface area contributed by atoms with Crippen molar-refractivity contribution in [3.63, 3.8) is 0 Å². The lowest BCUT2D eigenvalue weighted by Crippen LogP contribution is -2.35. The fourth-order valence-corrected chi connectivity index (χ4v) is 2.71. The van der Waals surface area contributed by atoms with Gasteiger partial charge in [-0.25, -0.2) is 0 Å². The summed E-state index contributed by atoms with van der Waals surface area (Å²) in [6.07, 6.45) is 8.57. The third-order valence-electron chi connectivity index (χ3n) is 4.21. The number of hydrogen-bond acceptors (Lipinski definition) is 2. The average Bonchev–Trinajstić information content (AvgIpc) is 3.12. The van der Waals surface area contributed by atoms with Crippen LogP contribution in [0.4, 0.5) is 0 Å². The molecule has 0 aromatic carbocycles. The lowest BCUT2D eigenvalue weighted by atomic mass is 9.80. The van der Waals surface area contributed by atoms with Crippen molar-refractivity contribution in [2.75, 3.05) is 13.1 Å². The highest BCUT2D eigenvalue weighted by molar-refractivity contribution is 5.76. The maximum absolute atomic E-state index is 11.6. The lowest BCUT2D eigenvalue weighted by Gasteiger charge is -2.28. The van der Waals surface area contributed by atoms with E-state index >= 15 is 0 Å². The molecule has 98 valence electrons. The van der Waals surface area contributed by atoms with Gasteiger partial charge in [0.2, 0.25) is 5.91 Å². The van der Waals surface area contributed by atoms with Crippen molar-refractivity contribution in [3.05, 3.63) is 0 Å². The highest BCUT2D eigenvalue weighted by atomic mass is 16.1. The maximum Gasteiger partial charge on any atom is 0.221 e. The molecular formula is C14H26N2O. The maximum atomic E-state index is 11.6. The first kappa shape index (κ1) is 12.9. The van der Waals surface area contributed by atoms with Crippen LogP contribution >= 0.6 is 0 Å². The van der Waals surface area contributed by atoms with Crippen molar-refractivity contribution in [1.82, 2.24) is 10.6 Å². The molecule has 0 bridgehead atoms. The first-order chi connectivity index (χ1) is 8.25. The Morgan fingerprint density at radius 1 is 1.18 bits per heavy atom. The zero-order valence-electron chi connectivity index (χ0n) is 11.0. The molecule has 2 unspecified atom stereocenters. The van der Waals surface area contributed by atoms with Crippen LogP contribution in [0.15, 0.2) is 0 Å². The minimum absolute atomic E-state index is 0.218. The van der Waals surface area contributed by atoms with E-state index in [0.29, 0.717) is 18.4 Å². The second-order valence-corrected chi connectivity index (χ2v) is 5.80. The molecule has 0 aromatic heterocycles. The molecule has 17 heavy (non-hydrogen) atoms. The van der Waals surface area contributed by atoms with E-state index in [1.807, 2.05) is 0 Å². The molecule has 3 heteroatoms. The largest absolute Gasteiger partial charge is 0.356 e. The third kappa shape index (κ3) is 4.66. The summed E-state index contributed by atoms with van der Waals surface area (Å²) in [5.74, 6) is 1.72. The molecular weight excluding hydrogens is 212 g/mol. The van der Waals surface area contributed by atoms with Gasteiger partial charge in [0.15, 0.2) is 0 Å². The topological polar surface area (TPSA) is 41.1 Å². The monoisotopic (exact) mass is 238 g/mol. The van der Waals surface area contributed by atoms with Gasteiger partial charge in [0.1, 0.15) is 0 Å². The third-order valence-corrected chi connectivity index (χ3v) is 4.21. The Labute approximate surface area is 105 Å². The molecule has 2 fully saturated rings. The van der Waals surface area contributed by atoms with Gasteiger partial charge in [0.05, 0.1) is 0 Å². The molecule has 0 radical (unpaired) electrons. The van der Waals surface area contributed by atoms with E-state index in [1.165, 1.54) is 38.5 Å². The number of rotatable bonds is 6. The standard InChI is InChI=1S/C14H26N2O/c1-11-4-2-3-5-12(11)10-16-14(17)8-9-15-13-6-7-13/h11-13,15H,2-10H2,1H3,(H,16,17). The van der Waals surface area contributed by atoms with E-state index in [4.69, 9.17) is 0 Å².